The van der Waals surface area contributed by atoms with E-state index in [0.29, 0.717) is 30.8 Å². The largest absolute Gasteiger partial charge is 0.458 e. The van der Waals surface area contributed by atoms with Crippen molar-refractivity contribution < 1.29 is 29.6 Å². The fraction of sp³-hybridized carbons (Fsp3) is 0.829. The quantitative estimate of drug-likeness (QED) is 0.171. The van der Waals surface area contributed by atoms with Gasteiger partial charge in [0.05, 0.1) is 29.6 Å². The molecule has 0 heterocycles. The van der Waals surface area contributed by atoms with Gasteiger partial charge in [-0.1, -0.05) is 59.3 Å². The molecule has 6 heteroatoms. The minimum Gasteiger partial charge on any atom is -0.458 e. The monoisotopic (exact) mass is 570 g/mol. The van der Waals surface area contributed by atoms with Crippen molar-refractivity contribution in [2.75, 3.05) is 6.61 Å². The summed E-state index contributed by atoms with van der Waals surface area (Å²) in [5.41, 5.74) is -0.491. The lowest BCUT2D eigenvalue weighted by Crippen LogP contribution is -2.69. The molecule has 0 amide bonds. The number of allylic oxidation sites excluding steroid dienone is 3. The van der Waals surface area contributed by atoms with Gasteiger partial charge in [0.15, 0.2) is 0 Å². The lowest BCUT2D eigenvalue weighted by atomic mass is 9.33. The van der Waals surface area contributed by atoms with E-state index in [4.69, 9.17) is 4.74 Å². The van der Waals surface area contributed by atoms with E-state index in [0.717, 1.165) is 38.4 Å². The van der Waals surface area contributed by atoms with Gasteiger partial charge in [0.1, 0.15) is 12.4 Å². The maximum atomic E-state index is 13.0. The van der Waals surface area contributed by atoms with Gasteiger partial charge < -0.3 is 24.9 Å². The summed E-state index contributed by atoms with van der Waals surface area (Å²) >= 11 is 0. The number of carbonyl (C=O) groups is 2. The van der Waals surface area contributed by atoms with Crippen molar-refractivity contribution in [3.8, 4) is 0 Å². The van der Waals surface area contributed by atoms with E-state index in [9.17, 15) is 24.9 Å². The van der Waals surface area contributed by atoms with E-state index in [1.165, 1.54) is 5.57 Å². The van der Waals surface area contributed by atoms with E-state index in [1.807, 2.05) is 13.8 Å². The van der Waals surface area contributed by atoms with Gasteiger partial charge in [-0.25, -0.2) is 4.79 Å². The molecule has 0 saturated heterocycles. The van der Waals surface area contributed by atoms with Gasteiger partial charge in [0.25, 0.3) is 0 Å². The first-order chi connectivity index (χ1) is 19.0. The maximum absolute atomic E-state index is 13.0. The fourth-order valence-corrected chi connectivity index (χ4v) is 11.3. The van der Waals surface area contributed by atoms with Crippen LogP contribution in [0.4, 0.5) is 0 Å². The Morgan fingerprint density at radius 2 is 1.68 bits per heavy atom. The van der Waals surface area contributed by atoms with E-state index >= 15 is 0 Å². The highest BCUT2D eigenvalue weighted by Gasteiger charge is 2.72. The summed E-state index contributed by atoms with van der Waals surface area (Å²) in [4.78, 5) is 25.5. The predicted molar refractivity (Wildman–Crippen MR) is 159 cm³/mol. The zero-order chi connectivity index (χ0) is 30.4. The van der Waals surface area contributed by atoms with Crippen LogP contribution in [0.15, 0.2) is 23.3 Å². The normalized spacial score (nSPS) is 50.8. The van der Waals surface area contributed by atoms with Crippen molar-refractivity contribution in [2.45, 2.75) is 125 Å². The van der Waals surface area contributed by atoms with Gasteiger partial charge in [-0.05, 0) is 105 Å². The molecule has 5 aliphatic rings. The molecule has 0 unspecified atom stereocenters. The van der Waals surface area contributed by atoms with Gasteiger partial charge in [0, 0.05) is 5.57 Å². The number of carbonyl (C=O) groups excluding carboxylic acids is 2. The third-order valence-electron chi connectivity index (χ3n) is 14.1. The molecular formula is C35H54O6. The first-order valence-electron chi connectivity index (χ1n) is 16.0. The summed E-state index contributed by atoms with van der Waals surface area (Å²) in [6, 6.07) is 0. The number of hydrogen-bond donors (Lipinski definition) is 3. The van der Waals surface area contributed by atoms with Crippen LogP contribution in [-0.4, -0.2) is 52.5 Å². The Labute approximate surface area is 247 Å². The van der Waals surface area contributed by atoms with Crippen LogP contribution in [-0.2, 0) is 14.3 Å². The molecule has 4 fully saturated rings. The number of fused-ring (bicyclic) bond motifs is 7. The third-order valence-corrected chi connectivity index (χ3v) is 14.1. The topological polar surface area (TPSA) is 104 Å². The second kappa shape index (κ2) is 9.75. The number of hydrogen-bond acceptors (Lipinski definition) is 6. The fourth-order valence-electron chi connectivity index (χ4n) is 11.3. The molecular weight excluding hydrogens is 516 g/mol. The number of esters is 1. The second-order valence-corrected chi connectivity index (χ2v) is 16.3. The van der Waals surface area contributed by atoms with Gasteiger partial charge in [-0.15, -0.1) is 0 Å². The second-order valence-electron chi connectivity index (χ2n) is 16.3. The number of ether oxygens (including phenoxy) is 1. The zero-order valence-electron chi connectivity index (χ0n) is 26.6. The number of aliphatic hydroxyl groups is 3. The van der Waals surface area contributed by atoms with E-state index < -0.39 is 29.1 Å². The Hall–Kier alpha value is -1.50. The molecule has 0 bridgehead atoms. The molecule has 4 saturated carbocycles. The van der Waals surface area contributed by atoms with E-state index in [1.54, 1.807) is 13.0 Å². The molecule has 0 spiro atoms. The minimum atomic E-state index is -0.945. The molecule has 5 rings (SSSR count). The highest BCUT2D eigenvalue weighted by Crippen LogP contribution is 2.75. The standard InChI is InChI=1S/C35H54O6/c1-9-21(2)29(40)41-28-18-30(3,4)16-23-22-10-11-25-31(5)14-13-26(38)32(6,19-36)24(31)12-15-33(25,7)34(22,8)17-27(39)35(23,28)20-37/h9-10,19,23-28,37-39H,11-18,20H2,1-8H3/b21-9+/t23-,24+,25+,26-,27+,28-,31-,32-,33+,34+,35-/m0/s1. The Kier molecular flexibility index (Phi) is 7.36. The molecule has 0 radical (unpaired) electrons. The Morgan fingerprint density at radius 1 is 1.00 bits per heavy atom. The van der Waals surface area contributed by atoms with Gasteiger partial charge in [-0.2, -0.15) is 0 Å². The van der Waals surface area contributed by atoms with Crippen LogP contribution < -0.4 is 0 Å². The summed E-state index contributed by atoms with van der Waals surface area (Å²) in [5, 5.41) is 34.3. The van der Waals surface area contributed by atoms with Crippen LogP contribution in [0, 0.1) is 50.2 Å². The van der Waals surface area contributed by atoms with Crippen molar-refractivity contribution in [1.82, 2.24) is 0 Å². The van der Waals surface area contributed by atoms with Crippen LogP contribution in [0.2, 0.25) is 0 Å². The van der Waals surface area contributed by atoms with Crippen molar-refractivity contribution >= 4 is 12.3 Å². The average molecular weight is 571 g/mol. The van der Waals surface area contributed by atoms with Crippen molar-refractivity contribution in [3.05, 3.63) is 23.3 Å². The average Bonchev–Trinajstić information content (AvgIpc) is 2.90. The molecule has 0 aromatic carbocycles. The lowest BCUT2D eigenvalue weighted by Gasteiger charge is -2.72. The number of aliphatic hydroxyl groups excluding tert-OH is 3. The molecule has 0 aliphatic heterocycles. The Morgan fingerprint density at radius 3 is 2.29 bits per heavy atom. The Bertz CT molecular complexity index is 1160. The first-order valence-corrected chi connectivity index (χ1v) is 16.0. The van der Waals surface area contributed by atoms with Crippen LogP contribution in [0.1, 0.15) is 107 Å². The summed E-state index contributed by atoms with van der Waals surface area (Å²) in [7, 11) is 0. The van der Waals surface area contributed by atoms with Gasteiger partial charge in [-0.3, -0.25) is 0 Å². The van der Waals surface area contributed by atoms with Crippen LogP contribution in [0.3, 0.4) is 0 Å². The predicted octanol–water partition coefficient (Wildman–Crippen LogP) is 5.78. The summed E-state index contributed by atoms with van der Waals surface area (Å²) in [6.07, 6.45) is 9.30. The number of rotatable bonds is 4. The molecule has 0 aromatic rings. The molecule has 11 atom stereocenters. The van der Waals surface area contributed by atoms with E-state index in [-0.39, 0.29) is 46.1 Å². The molecule has 0 aromatic heterocycles. The SMILES string of the molecule is C/C=C(\C)C(=O)O[C@H]1CC(C)(C)C[C@H]2C3=CC[C@@H]4[C@@]5(C)CC[C@H](O)[C@@](C)(C=O)[C@@H]5CC[C@@]4(C)[C@]3(C)C[C@@H](O)[C@@]12CO. The lowest BCUT2D eigenvalue weighted by molar-refractivity contribution is -0.238. The molecule has 6 nitrogen and oxygen atoms in total. The van der Waals surface area contributed by atoms with Crippen LogP contribution >= 0.6 is 0 Å². The summed E-state index contributed by atoms with van der Waals surface area (Å²) in [6.45, 7) is 16.8. The first kappa shape index (κ1) is 30.9. The Balaban J connectivity index is 1.61. The van der Waals surface area contributed by atoms with Crippen molar-refractivity contribution in [1.29, 1.82) is 0 Å². The third kappa shape index (κ3) is 3.98. The highest BCUT2D eigenvalue weighted by atomic mass is 16.5. The molecule has 5 aliphatic carbocycles. The summed E-state index contributed by atoms with van der Waals surface area (Å²) in [5.74, 6) is -0.0581. The molecule has 3 N–H and O–H groups in total. The van der Waals surface area contributed by atoms with E-state index in [2.05, 4.69) is 40.7 Å². The van der Waals surface area contributed by atoms with Gasteiger partial charge in [0.2, 0.25) is 0 Å². The number of aldehydes is 1. The molecule has 230 valence electrons. The zero-order valence-corrected chi connectivity index (χ0v) is 26.6. The maximum Gasteiger partial charge on any atom is 0.333 e. The van der Waals surface area contributed by atoms with Crippen molar-refractivity contribution in [2.24, 2.45) is 50.2 Å². The van der Waals surface area contributed by atoms with Crippen molar-refractivity contribution in [3.63, 3.8) is 0 Å². The smallest absolute Gasteiger partial charge is 0.333 e. The minimum absolute atomic E-state index is 0.0999. The van der Waals surface area contributed by atoms with Crippen LogP contribution in [0.25, 0.3) is 0 Å². The van der Waals surface area contributed by atoms with Gasteiger partial charge >= 0.3 is 5.97 Å². The van der Waals surface area contributed by atoms with Crippen LogP contribution in [0.5, 0.6) is 0 Å². The highest BCUT2D eigenvalue weighted by molar-refractivity contribution is 5.87. The summed E-state index contributed by atoms with van der Waals surface area (Å²) < 4.78 is 6.18. The molecule has 41 heavy (non-hydrogen) atoms.